The highest BCUT2D eigenvalue weighted by molar-refractivity contribution is 9.10. The predicted octanol–water partition coefficient (Wildman–Crippen LogP) is 4.46. The fourth-order valence-corrected chi connectivity index (χ4v) is 3.45. The summed E-state index contributed by atoms with van der Waals surface area (Å²) in [6.45, 7) is 1.56. The Hall–Kier alpha value is -2.65. The first-order chi connectivity index (χ1) is 12.4. The number of hydrogen-bond donors (Lipinski definition) is 0. The van der Waals surface area contributed by atoms with Gasteiger partial charge >= 0.3 is 0 Å². The zero-order valence-corrected chi connectivity index (χ0v) is 16.2. The van der Waals surface area contributed by atoms with E-state index in [1.165, 1.54) is 28.4 Å². The molecule has 1 amide bonds. The van der Waals surface area contributed by atoms with Crippen LogP contribution >= 0.6 is 27.3 Å². The summed E-state index contributed by atoms with van der Waals surface area (Å²) in [7, 11) is 1.58. The van der Waals surface area contributed by atoms with Gasteiger partial charge in [0.05, 0.1) is 4.92 Å². The molecule has 0 N–H and O–H groups in total. The van der Waals surface area contributed by atoms with E-state index in [2.05, 4.69) is 26.1 Å². The van der Waals surface area contributed by atoms with Crippen LogP contribution in [0.25, 0.3) is 10.6 Å². The Balaban J connectivity index is 1.89. The van der Waals surface area contributed by atoms with Gasteiger partial charge in [-0.3, -0.25) is 19.8 Å². The molecule has 1 aromatic heterocycles. The van der Waals surface area contributed by atoms with E-state index in [9.17, 15) is 14.9 Å². The van der Waals surface area contributed by atoms with Crippen molar-refractivity contribution < 1.29 is 9.72 Å². The maximum absolute atomic E-state index is 12.8. The van der Waals surface area contributed by atoms with Gasteiger partial charge in [0.15, 0.2) is 0 Å². The number of rotatable bonds is 4. The molecule has 0 fully saturated rings. The van der Waals surface area contributed by atoms with E-state index < -0.39 is 4.92 Å². The van der Waals surface area contributed by atoms with Crippen molar-refractivity contribution in [1.29, 1.82) is 0 Å². The van der Waals surface area contributed by atoms with Gasteiger partial charge in [-0.05, 0) is 25.1 Å². The lowest BCUT2D eigenvalue weighted by Crippen LogP contribution is -2.27. The van der Waals surface area contributed by atoms with Gasteiger partial charge in [-0.2, -0.15) is 0 Å². The van der Waals surface area contributed by atoms with Crippen LogP contribution in [0, 0.1) is 17.0 Å². The Bertz CT molecular complexity index is 988. The molecular formula is C17H13BrN4O3S. The molecule has 3 rings (SSSR count). The standard InChI is InChI=1S/C17H13BrN4O3S/c1-10-13(4-3-5-14(10)22(24)25)16(23)21(2)17-20-19-15(26-17)11-6-8-12(18)9-7-11/h3-9H,1-2H3. The number of anilines is 1. The molecule has 0 unspecified atom stereocenters. The van der Waals surface area contributed by atoms with Gasteiger partial charge < -0.3 is 0 Å². The molecule has 3 aromatic rings. The summed E-state index contributed by atoms with van der Waals surface area (Å²) in [5.41, 5.74) is 1.40. The Labute approximate surface area is 161 Å². The second-order valence-electron chi connectivity index (χ2n) is 5.47. The lowest BCUT2D eigenvalue weighted by Gasteiger charge is -2.14. The summed E-state index contributed by atoms with van der Waals surface area (Å²) in [5, 5.41) is 20.4. The van der Waals surface area contributed by atoms with E-state index >= 15 is 0 Å². The van der Waals surface area contributed by atoms with Gasteiger partial charge in [-0.1, -0.05) is 45.5 Å². The number of carbonyl (C=O) groups excluding carboxylic acids is 1. The van der Waals surface area contributed by atoms with Gasteiger partial charge in [0, 0.05) is 34.3 Å². The lowest BCUT2D eigenvalue weighted by atomic mass is 10.1. The average molecular weight is 433 g/mol. The van der Waals surface area contributed by atoms with E-state index in [1.54, 1.807) is 20.0 Å². The lowest BCUT2D eigenvalue weighted by molar-refractivity contribution is -0.385. The first-order valence-corrected chi connectivity index (χ1v) is 9.11. The van der Waals surface area contributed by atoms with Crippen LogP contribution < -0.4 is 4.90 Å². The summed E-state index contributed by atoms with van der Waals surface area (Å²) in [6, 6.07) is 12.1. The second-order valence-corrected chi connectivity index (χ2v) is 7.34. The normalized spacial score (nSPS) is 10.6. The Kier molecular flexibility index (Phi) is 5.10. The molecule has 0 bridgehead atoms. The zero-order valence-electron chi connectivity index (χ0n) is 13.8. The third-order valence-corrected chi connectivity index (χ3v) is 5.41. The highest BCUT2D eigenvalue weighted by atomic mass is 79.9. The number of aromatic nitrogens is 2. The van der Waals surface area contributed by atoms with Crippen LogP contribution in [0.1, 0.15) is 15.9 Å². The summed E-state index contributed by atoms with van der Waals surface area (Å²) >= 11 is 4.65. The molecular weight excluding hydrogens is 420 g/mol. The van der Waals surface area contributed by atoms with Crippen molar-refractivity contribution in [2.24, 2.45) is 0 Å². The van der Waals surface area contributed by atoms with Gasteiger partial charge in [-0.15, -0.1) is 10.2 Å². The van der Waals surface area contributed by atoms with Crippen LogP contribution in [0.2, 0.25) is 0 Å². The molecule has 0 radical (unpaired) electrons. The minimum atomic E-state index is -0.497. The van der Waals surface area contributed by atoms with E-state index in [-0.39, 0.29) is 17.2 Å². The molecule has 0 aliphatic rings. The molecule has 0 spiro atoms. The third-order valence-electron chi connectivity index (χ3n) is 3.83. The molecule has 132 valence electrons. The molecule has 9 heteroatoms. The molecule has 0 saturated heterocycles. The number of amides is 1. The summed E-state index contributed by atoms with van der Waals surface area (Å²) in [6.07, 6.45) is 0. The van der Waals surface area contributed by atoms with E-state index in [1.807, 2.05) is 24.3 Å². The van der Waals surface area contributed by atoms with E-state index in [4.69, 9.17) is 0 Å². The fourth-order valence-electron chi connectivity index (χ4n) is 2.38. The first kappa shape index (κ1) is 18.2. The van der Waals surface area contributed by atoms with Gasteiger partial charge in [0.25, 0.3) is 11.6 Å². The highest BCUT2D eigenvalue weighted by Crippen LogP contribution is 2.30. The van der Waals surface area contributed by atoms with Gasteiger partial charge in [-0.25, -0.2) is 0 Å². The van der Waals surface area contributed by atoms with Crippen molar-refractivity contribution in [1.82, 2.24) is 10.2 Å². The smallest absolute Gasteiger partial charge is 0.273 e. The monoisotopic (exact) mass is 432 g/mol. The van der Waals surface area contributed by atoms with E-state index in [0.29, 0.717) is 15.7 Å². The molecule has 0 aliphatic carbocycles. The largest absolute Gasteiger partial charge is 0.286 e. The van der Waals surface area contributed by atoms with Crippen LogP contribution in [0.15, 0.2) is 46.9 Å². The van der Waals surface area contributed by atoms with Crippen molar-refractivity contribution in [2.45, 2.75) is 6.92 Å². The number of nitro benzene ring substituents is 1. The number of nitro groups is 1. The molecule has 7 nitrogen and oxygen atoms in total. The zero-order chi connectivity index (χ0) is 18.8. The van der Waals surface area contributed by atoms with Gasteiger partial charge in [0.1, 0.15) is 5.01 Å². The maximum Gasteiger partial charge on any atom is 0.273 e. The number of halogens is 1. The molecule has 2 aromatic carbocycles. The number of carbonyl (C=O) groups is 1. The van der Waals surface area contributed by atoms with E-state index in [0.717, 1.165) is 10.0 Å². The number of hydrogen-bond acceptors (Lipinski definition) is 6. The summed E-state index contributed by atoms with van der Waals surface area (Å²) < 4.78 is 0.958. The Morgan fingerprint density at radius 2 is 1.88 bits per heavy atom. The second kappa shape index (κ2) is 7.30. The predicted molar refractivity (Wildman–Crippen MR) is 104 cm³/mol. The third kappa shape index (κ3) is 3.49. The molecule has 0 atom stereocenters. The summed E-state index contributed by atoms with van der Waals surface area (Å²) in [5.74, 6) is -0.371. The number of benzene rings is 2. The highest BCUT2D eigenvalue weighted by Gasteiger charge is 2.23. The minimum absolute atomic E-state index is 0.0861. The Morgan fingerprint density at radius 3 is 2.54 bits per heavy atom. The maximum atomic E-state index is 12.8. The number of nitrogens with zero attached hydrogens (tertiary/aromatic N) is 4. The fraction of sp³-hybridized carbons (Fsp3) is 0.118. The van der Waals surface area contributed by atoms with Crippen molar-refractivity contribution >= 4 is 44.0 Å². The Morgan fingerprint density at radius 1 is 1.19 bits per heavy atom. The van der Waals surface area contributed by atoms with Crippen molar-refractivity contribution in [3.8, 4) is 10.6 Å². The van der Waals surface area contributed by atoms with Crippen LogP contribution in [0.4, 0.5) is 10.8 Å². The van der Waals surface area contributed by atoms with Gasteiger partial charge in [0.2, 0.25) is 5.13 Å². The van der Waals surface area contributed by atoms with Crippen molar-refractivity contribution in [3.05, 3.63) is 68.2 Å². The molecule has 0 saturated carbocycles. The average Bonchev–Trinajstić information content (AvgIpc) is 3.11. The quantitative estimate of drug-likeness (QED) is 0.448. The van der Waals surface area contributed by atoms with Crippen LogP contribution in [-0.2, 0) is 0 Å². The topological polar surface area (TPSA) is 89.2 Å². The van der Waals surface area contributed by atoms with Crippen molar-refractivity contribution in [2.75, 3.05) is 11.9 Å². The van der Waals surface area contributed by atoms with Crippen LogP contribution in [0.3, 0.4) is 0 Å². The summed E-state index contributed by atoms with van der Waals surface area (Å²) in [4.78, 5) is 24.7. The van der Waals surface area contributed by atoms with Crippen LogP contribution in [0.5, 0.6) is 0 Å². The van der Waals surface area contributed by atoms with Crippen molar-refractivity contribution in [3.63, 3.8) is 0 Å². The molecule has 26 heavy (non-hydrogen) atoms. The van der Waals surface area contributed by atoms with Crippen LogP contribution in [-0.4, -0.2) is 28.1 Å². The SMILES string of the molecule is Cc1c(C(=O)N(C)c2nnc(-c3ccc(Br)cc3)s2)cccc1[N+](=O)[O-]. The minimum Gasteiger partial charge on any atom is -0.286 e. The first-order valence-electron chi connectivity index (χ1n) is 7.50. The molecule has 1 heterocycles. The molecule has 0 aliphatic heterocycles.